The minimum Gasteiger partial charge on any atom is -0.494 e. The van der Waals surface area contributed by atoms with Gasteiger partial charge >= 0.3 is 0 Å². The van der Waals surface area contributed by atoms with E-state index in [0.29, 0.717) is 17.7 Å². The molecule has 1 aliphatic heterocycles. The van der Waals surface area contributed by atoms with E-state index in [-0.39, 0.29) is 11.9 Å². The van der Waals surface area contributed by atoms with Gasteiger partial charge in [-0.25, -0.2) is 4.39 Å². The molecule has 19 heavy (non-hydrogen) atoms. The minimum atomic E-state index is -0.283. The summed E-state index contributed by atoms with van der Waals surface area (Å²) in [6, 6.07) is 4.93. The molecule has 0 aromatic heterocycles. The zero-order valence-electron chi connectivity index (χ0n) is 11.8. The van der Waals surface area contributed by atoms with Crippen molar-refractivity contribution in [2.75, 3.05) is 19.0 Å². The molecule has 0 aliphatic carbocycles. The molecular formula is C15H22FNO2. The first kappa shape index (κ1) is 14.1. The molecule has 0 amide bonds. The molecule has 0 spiro atoms. The van der Waals surface area contributed by atoms with Crippen molar-refractivity contribution in [3.05, 3.63) is 24.0 Å². The normalized spacial score (nSPS) is 23.4. The molecule has 1 aliphatic rings. The molecule has 0 saturated carbocycles. The van der Waals surface area contributed by atoms with Crippen LogP contribution in [0.2, 0.25) is 0 Å². The fourth-order valence-corrected chi connectivity index (χ4v) is 2.43. The number of benzene rings is 1. The summed E-state index contributed by atoms with van der Waals surface area (Å²) in [5.74, 6) is 0.779. The Balaban J connectivity index is 2.04. The Morgan fingerprint density at radius 2 is 2.21 bits per heavy atom. The molecule has 2 unspecified atom stereocenters. The number of ether oxygens (including phenoxy) is 2. The van der Waals surface area contributed by atoms with E-state index in [4.69, 9.17) is 9.47 Å². The maximum Gasteiger partial charge on any atom is 0.144 e. The number of halogens is 1. The fourth-order valence-electron chi connectivity index (χ4n) is 2.43. The van der Waals surface area contributed by atoms with Crippen LogP contribution in [0.25, 0.3) is 0 Å². The predicted octanol–water partition coefficient (Wildman–Crippen LogP) is 3.45. The number of methoxy groups -OCH3 is 1. The van der Waals surface area contributed by atoms with E-state index in [9.17, 15) is 4.39 Å². The van der Waals surface area contributed by atoms with Crippen molar-refractivity contribution in [3.63, 3.8) is 0 Å². The molecular weight excluding hydrogens is 245 g/mol. The van der Waals surface area contributed by atoms with Gasteiger partial charge in [0.2, 0.25) is 0 Å². The van der Waals surface area contributed by atoms with Gasteiger partial charge in [0.15, 0.2) is 0 Å². The lowest BCUT2D eigenvalue weighted by atomic mass is 9.95. The quantitative estimate of drug-likeness (QED) is 0.906. The van der Waals surface area contributed by atoms with Gasteiger partial charge in [-0.05, 0) is 30.9 Å². The van der Waals surface area contributed by atoms with Crippen LogP contribution < -0.4 is 10.1 Å². The van der Waals surface area contributed by atoms with Crippen molar-refractivity contribution in [1.29, 1.82) is 0 Å². The number of hydrogen-bond acceptors (Lipinski definition) is 3. The molecule has 1 saturated heterocycles. The Kier molecular flexibility index (Phi) is 4.64. The van der Waals surface area contributed by atoms with Crippen LogP contribution in [0.1, 0.15) is 26.7 Å². The molecule has 1 aromatic carbocycles. The van der Waals surface area contributed by atoms with Gasteiger partial charge in [0.1, 0.15) is 11.6 Å². The number of nitrogens with one attached hydrogen (secondary N) is 1. The Labute approximate surface area is 114 Å². The third-order valence-electron chi connectivity index (χ3n) is 3.58. The van der Waals surface area contributed by atoms with E-state index in [2.05, 4.69) is 19.2 Å². The highest BCUT2D eigenvalue weighted by Crippen LogP contribution is 2.29. The Hall–Kier alpha value is -1.29. The summed E-state index contributed by atoms with van der Waals surface area (Å²) in [6.45, 7) is 5.11. The lowest BCUT2D eigenvalue weighted by Gasteiger charge is -2.33. The monoisotopic (exact) mass is 267 g/mol. The van der Waals surface area contributed by atoms with Crippen molar-refractivity contribution >= 4 is 5.69 Å². The summed E-state index contributed by atoms with van der Waals surface area (Å²) in [5.41, 5.74) is 0.846. The van der Waals surface area contributed by atoms with Crippen LogP contribution in [-0.2, 0) is 4.74 Å². The Bertz CT molecular complexity index is 423. The first-order valence-corrected chi connectivity index (χ1v) is 6.82. The van der Waals surface area contributed by atoms with E-state index in [1.165, 1.54) is 12.1 Å². The molecule has 1 heterocycles. The molecule has 2 atom stereocenters. The summed E-state index contributed by atoms with van der Waals surface area (Å²) in [6.07, 6.45) is 2.22. The van der Waals surface area contributed by atoms with Crippen molar-refractivity contribution in [3.8, 4) is 5.75 Å². The summed E-state index contributed by atoms with van der Waals surface area (Å²) >= 11 is 0. The van der Waals surface area contributed by atoms with Crippen LogP contribution in [-0.4, -0.2) is 25.9 Å². The smallest absolute Gasteiger partial charge is 0.144 e. The van der Waals surface area contributed by atoms with Crippen molar-refractivity contribution in [1.82, 2.24) is 0 Å². The summed E-state index contributed by atoms with van der Waals surface area (Å²) < 4.78 is 24.1. The molecule has 1 fully saturated rings. The second kappa shape index (κ2) is 6.24. The van der Waals surface area contributed by atoms with Crippen LogP contribution in [0.5, 0.6) is 5.75 Å². The average molecular weight is 267 g/mol. The summed E-state index contributed by atoms with van der Waals surface area (Å²) in [4.78, 5) is 0. The number of hydrogen-bond donors (Lipinski definition) is 1. The van der Waals surface area contributed by atoms with E-state index < -0.39 is 0 Å². The largest absolute Gasteiger partial charge is 0.494 e. The van der Waals surface area contributed by atoms with Gasteiger partial charge in [0, 0.05) is 18.7 Å². The third kappa shape index (κ3) is 3.60. The molecule has 0 bridgehead atoms. The number of anilines is 1. The Morgan fingerprint density at radius 1 is 1.42 bits per heavy atom. The first-order valence-electron chi connectivity index (χ1n) is 6.82. The SMILES string of the molecule is COc1cc(F)ccc1NC1CCOC(C(C)C)C1. The van der Waals surface area contributed by atoms with E-state index in [1.807, 2.05) is 0 Å². The van der Waals surface area contributed by atoms with E-state index in [1.54, 1.807) is 13.2 Å². The van der Waals surface area contributed by atoms with Crippen LogP contribution >= 0.6 is 0 Å². The second-order valence-electron chi connectivity index (χ2n) is 5.36. The third-order valence-corrected chi connectivity index (χ3v) is 3.58. The lowest BCUT2D eigenvalue weighted by molar-refractivity contribution is -0.0161. The maximum absolute atomic E-state index is 13.2. The number of rotatable bonds is 4. The molecule has 4 heteroatoms. The van der Waals surface area contributed by atoms with Gasteiger partial charge in [-0.2, -0.15) is 0 Å². The average Bonchev–Trinajstić information content (AvgIpc) is 2.41. The molecule has 106 valence electrons. The summed E-state index contributed by atoms with van der Waals surface area (Å²) in [7, 11) is 1.56. The predicted molar refractivity (Wildman–Crippen MR) is 74.2 cm³/mol. The van der Waals surface area contributed by atoms with Crippen molar-refractivity contribution in [2.24, 2.45) is 5.92 Å². The van der Waals surface area contributed by atoms with Crippen LogP contribution in [0.3, 0.4) is 0 Å². The fraction of sp³-hybridized carbons (Fsp3) is 0.600. The highest BCUT2D eigenvalue weighted by Gasteiger charge is 2.25. The first-order chi connectivity index (χ1) is 9.10. The molecule has 0 radical (unpaired) electrons. The van der Waals surface area contributed by atoms with E-state index in [0.717, 1.165) is 25.1 Å². The lowest BCUT2D eigenvalue weighted by Crippen LogP contribution is -2.36. The topological polar surface area (TPSA) is 30.5 Å². The zero-order chi connectivity index (χ0) is 13.8. The van der Waals surface area contributed by atoms with Gasteiger partial charge < -0.3 is 14.8 Å². The van der Waals surface area contributed by atoms with Crippen molar-refractivity contribution < 1.29 is 13.9 Å². The van der Waals surface area contributed by atoms with Gasteiger partial charge in [-0.15, -0.1) is 0 Å². The van der Waals surface area contributed by atoms with E-state index >= 15 is 0 Å². The molecule has 2 rings (SSSR count). The molecule has 1 N–H and O–H groups in total. The van der Waals surface area contributed by atoms with Gasteiger partial charge in [-0.1, -0.05) is 13.8 Å². The zero-order valence-corrected chi connectivity index (χ0v) is 11.8. The van der Waals surface area contributed by atoms with Crippen LogP contribution in [0.15, 0.2) is 18.2 Å². The van der Waals surface area contributed by atoms with Crippen LogP contribution in [0.4, 0.5) is 10.1 Å². The van der Waals surface area contributed by atoms with Gasteiger partial charge in [-0.3, -0.25) is 0 Å². The highest BCUT2D eigenvalue weighted by atomic mass is 19.1. The second-order valence-corrected chi connectivity index (χ2v) is 5.36. The maximum atomic E-state index is 13.2. The molecule has 3 nitrogen and oxygen atoms in total. The van der Waals surface area contributed by atoms with Crippen molar-refractivity contribution in [2.45, 2.75) is 38.8 Å². The Morgan fingerprint density at radius 3 is 2.89 bits per heavy atom. The minimum absolute atomic E-state index is 0.283. The molecule has 1 aromatic rings. The van der Waals surface area contributed by atoms with Crippen LogP contribution in [0, 0.1) is 11.7 Å². The standard InChI is InChI=1S/C15H22FNO2/c1-10(2)14-9-12(6-7-19-14)17-13-5-4-11(16)8-15(13)18-3/h4-5,8,10,12,14,17H,6-7,9H2,1-3H3. The highest BCUT2D eigenvalue weighted by molar-refractivity contribution is 5.57. The summed E-state index contributed by atoms with van der Waals surface area (Å²) in [5, 5.41) is 3.44. The van der Waals surface area contributed by atoms with Gasteiger partial charge in [0.25, 0.3) is 0 Å². The van der Waals surface area contributed by atoms with Gasteiger partial charge in [0.05, 0.1) is 18.9 Å².